The Hall–Kier alpha value is -3.05. The van der Waals surface area contributed by atoms with Gasteiger partial charge in [-0.3, -0.25) is 4.79 Å². The molecule has 1 unspecified atom stereocenters. The molecule has 4 rings (SSSR count). The van der Waals surface area contributed by atoms with Gasteiger partial charge < -0.3 is 14.8 Å². The fourth-order valence-corrected chi connectivity index (χ4v) is 4.66. The number of thiophene rings is 1. The van der Waals surface area contributed by atoms with Gasteiger partial charge in [-0.15, -0.1) is 11.3 Å². The van der Waals surface area contributed by atoms with Crippen LogP contribution < -0.4 is 14.8 Å². The van der Waals surface area contributed by atoms with E-state index in [1.807, 2.05) is 36.4 Å². The van der Waals surface area contributed by atoms with Gasteiger partial charge in [0.1, 0.15) is 6.61 Å². The topological polar surface area (TPSA) is 47.6 Å². The molecular formula is C23H21NO3S. The number of carbonyl (C=O) groups is 1. The summed E-state index contributed by atoms with van der Waals surface area (Å²) in [5, 5.41) is 5.20. The predicted octanol–water partition coefficient (Wildman–Crippen LogP) is 5.46. The summed E-state index contributed by atoms with van der Waals surface area (Å²) in [4.78, 5) is 13.6. The summed E-state index contributed by atoms with van der Waals surface area (Å²) >= 11 is 1.68. The van der Waals surface area contributed by atoms with Gasteiger partial charge in [0.05, 0.1) is 12.8 Å². The summed E-state index contributed by atoms with van der Waals surface area (Å²) in [7, 11) is 1.62. The number of rotatable bonds is 6. The highest BCUT2D eigenvalue weighted by atomic mass is 32.1. The van der Waals surface area contributed by atoms with E-state index < -0.39 is 0 Å². The van der Waals surface area contributed by atoms with Crippen LogP contribution in [0.3, 0.4) is 0 Å². The normalized spacial score (nSPS) is 15.5. The molecule has 1 aromatic heterocycles. The van der Waals surface area contributed by atoms with Crippen molar-refractivity contribution >= 4 is 22.9 Å². The van der Waals surface area contributed by atoms with Crippen LogP contribution >= 0.6 is 11.3 Å². The van der Waals surface area contributed by atoms with E-state index in [-0.39, 0.29) is 11.8 Å². The number of ether oxygens (including phenoxy) is 2. The Kier molecular flexibility index (Phi) is 5.17. The monoisotopic (exact) mass is 391 g/mol. The number of nitrogens with one attached hydrogen (secondary N) is 1. The number of methoxy groups -OCH3 is 1. The Bertz CT molecular complexity index is 1010. The number of anilines is 1. The molecule has 1 aliphatic heterocycles. The van der Waals surface area contributed by atoms with Gasteiger partial charge in [0.15, 0.2) is 11.5 Å². The fraction of sp³-hybridized carbons (Fsp3) is 0.174. The maximum absolute atomic E-state index is 12.5. The molecule has 0 radical (unpaired) electrons. The van der Waals surface area contributed by atoms with Gasteiger partial charge in [0.25, 0.3) is 0 Å². The van der Waals surface area contributed by atoms with Gasteiger partial charge in [-0.1, -0.05) is 49.1 Å². The lowest BCUT2D eigenvalue weighted by Crippen LogP contribution is -2.22. The zero-order valence-electron chi connectivity index (χ0n) is 15.6. The molecule has 1 atom stereocenters. The lowest BCUT2D eigenvalue weighted by atomic mass is 9.89. The molecule has 0 saturated carbocycles. The molecule has 1 N–H and O–H groups in total. The minimum absolute atomic E-state index is 0.00596. The van der Waals surface area contributed by atoms with Gasteiger partial charge in [-0.2, -0.15) is 0 Å². The molecule has 4 nitrogen and oxygen atoms in total. The summed E-state index contributed by atoms with van der Waals surface area (Å²) in [5.74, 6) is 1.35. The molecule has 0 saturated heterocycles. The minimum atomic E-state index is -0.00596. The molecule has 0 spiro atoms. The van der Waals surface area contributed by atoms with E-state index in [1.165, 1.54) is 4.88 Å². The van der Waals surface area contributed by atoms with Crippen molar-refractivity contribution in [3.05, 3.63) is 77.0 Å². The second kappa shape index (κ2) is 7.90. The van der Waals surface area contributed by atoms with Crippen molar-refractivity contribution < 1.29 is 14.3 Å². The van der Waals surface area contributed by atoms with Gasteiger partial charge in [0.2, 0.25) is 5.91 Å². The standard InChI is InChI=1S/C23H21NO3S/c1-3-11-27-19-10-9-16(12-20(19)26-2)17-13-21(25)24-22-18(14-28-23(17)22)15-7-5-4-6-8-15/h3-10,12,14,17H,1,11,13H2,2H3,(H,24,25). The largest absolute Gasteiger partial charge is 0.493 e. The van der Waals surface area contributed by atoms with E-state index in [4.69, 9.17) is 9.47 Å². The van der Waals surface area contributed by atoms with E-state index in [0.29, 0.717) is 24.5 Å². The molecule has 1 aliphatic rings. The zero-order valence-corrected chi connectivity index (χ0v) is 16.4. The maximum Gasteiger partial charge on any atom is 0.225 e. The molecule has 142 valence electrons. The number of hydrogen-bond acceptors (Lipinski definition) is 4. The quantitative estimate of drug-likeness (QED) is 0.568. The van der Waals surface area contributed by atoms with Crippen LogP contribution in [0.4, 0.5) is 5.69 Å². The molecule has 28 heavy (non-hydrogen) atoms. The van der Waals surface area contributed by atoms with Crippen LogP contribution in [0.25, 0.3) is 11.1 Å². The van der Waals surface area contributed by atoms with Crippen LogP contribution in [0.2, 0.25) is 0 Å². The molecule has 0 aliphatic carbocycles. The predicted molar refractivity (Wildman–Crippen MR) is 114 cm³/mol. The smallest absolute Gasteiger partial charge is 0.225 e. The zero-order chi connectivity index (χ0) is 19.5. The van der Waals surface area contributed by atoms with Gasteiger partial charge in [0, 0.05) is 28.2 Å². The van der Waals surface area contributed by atoms with E-state index in [0.717, 1.165) is 22.4 Å². The first kappa shape index (κ1) is 18.3. The number of hydrogen-bond donors (Lipinski definition) is 1. The first-order chi connectivity index (χ1) is 13.7. The van der Waals surface area contributed by atoms with Crippen LogP contribution in [0.5, 0.6) is 11.5 Å². The molecule has 2 aromatic carbocycles. The van der Waals surface area contributed by atoms with E-state index in [1.54, 1.807) is 24.5 Å². The molecule has 2 heterocycles. The third kappa shape index (κ3) is 3.41. The Morgan fingerprint density at radius 3 is 2.79 bits per heavy atom. The van der Waals surface area contributed by atoms with Gasteiger partial charge >= 0.3 is 0 Å². The summed E-state index contributed by atoms with van der Waals surface area (Å²) in [6, 6.07) is 16.0. The SMILES string of the molecule is C=CCOc1ccc(C2CC(=O)Nc3c(-c4ccccc4)csc32)cc1OC. The van der Waals surface area contributed by atoms with Crippen molar-refractivity contribution in [2.75, 3.05) is 19.0 Å². The first-order valence-corrected chi connectivity index (χ1v) is 9.97. The third-order valence-corrected chi connectivity index (χ3v) is 5.92. The number of carbonyl (C=O) groups excluding carboxylic acids is 1. The minimum Gasteiger partial charge on any atom is -0.493 e. The Morgan fingerprint density at radius 2 is 2.04 bits per heavy atom. The number of benzene rings is 2. The fourth-order valence-electron chi connectivity index (χ4n) is 3.50. The second-order valence-electron chi connectivity index (χ2n) is 6.57. The summed E-state index contributed by atoms with van der Waals surface area (Å²) in [5.41, 5.74) is 4.13. The Morgan fingerprint density at radius 1 is 1.21 bits per heavy atom. The van der Waals surface area contributed by atoms with Crippen LogP contribution in [-0.4, -0.2) is 19.6 Å². The molecule has 1 amide bonds. The molecule has 5 heteroatoms. The van der Waals surface area contributed by atoms with Crippen molar-refractivity contribution in [1.82, 2.24) is 0 Å². The Labute approximate surface area is 168 Å². The highest BCUT2D eigenvalue weighted by Crippen LogP contribution is 2.47. The molecule has 0 fully saturated rings. The van der Waals surface area contributed by atoms with Crippen LogP contribution in [0.1, 0.15) is 22.8 Å². The highest BCUT2D eigenvalue weighted by molar-refractivity contribution is 7.11. The summed E-state index contributed by atoms with van der Waals surface area (Å²) in [6.45, 7) is 4.09. The van der Waals surface area contributed by atoms with Crippen LogP contribution in [0, 0.1) is 0 Å². The van der Waals surface area contributed by atoms with Crippen molar-refractivity contribution in [3.63, 3.8) is 0 Å². The molecule has 0 bridgehead atoms. The third-order valence-electron chi connectivity index (χ3n) is 4.82. The van der Waals surface area contributed by atoms with E-state index in [2.05, 4.69) is 29.4 Å². The average molecular weight is 391 g/mol. The van der Waals surface area contributed by atoms with Crippen molar-refractivity contribution in [1.29, 1.82) is 0 Å². The van der Waals surface area contributed by atoms with Crippen molar-refractivity contribution in [3.8, 4) is 22.6 Å². The van der Waals surface area contributed by atoms with Crippen LogP contribution in [0.15, 0.2) is 66.6 Å². The summed E-state index contributed by atoms with van der Waals surface area (Å²) in [6.07, 6.45) is 2.11. The van der Waals surface area contributed by atoms with E-state index >= 15 is 0 Å². The average Bonchev–Trinajstić information content (AvgIpc) is 3.16. The molecular weight excluding hydrogens is 370 g/mol. The molecule has 3 aromatic rings. The summed E-state index contributed by atoms with van der Waals surface area (Å²) < 4.78 is 11.2. The van der Waals surface area contributed by atoms with Crippen molar-refractivity contribution in [2.45, 2.75) is 12.3 Å². The first-order valence-electron chi connectivity index (χ1n) is 9.09. The van der Waals surface area contributed by atoms with Gasteiger partial charge in [-0.05, 0) is 23.3 Å². The van der Waals surface area contributed by atoms with Gasteiger partial charge in [-0.25, -0.2) is 0 Å². The van der Waals surface area contributed by atoms with Crippen molar-refractivity contribution in [2.24, 2.45) is 0 Å². The maximum atomic E-state index is 12.5. The highest BCUT2D eigenvalue weighted by Gasteiger charge is 2.31. The second-order valence-corrected chi connectivity index (χ2v) is 7.48. The van der Waals surface area contributed by atoms with Crippen LogP contribution in [-0.2, 0) is 4.79 Å². The lowest BCUT2D eigenvalue weighted by Gasteiger charge is -2.24. The van der Waals surface area contributed by atoms with E-state index in [9.17, 15) is 4.79 Å². The number of amides is 1. The Balaban J connectivity index is 1.74. The lowest BCUT2D eigenvalue weighted by molar-refractivity contribution is -0.116. The number of fused-ring (bicyclic) bond motifs is 1.